The Bertz CT molecular complexity index is 804. The van der Waals surface area contributed by atoms with Crippen LogP contribution in [0.5, 0.6) is 0 Å². The molecule has 2 aliphatic heterocycles. The monoisotopic (exact) mass is 543 g/mol. The van der Waals surface area contributed by atoms with Crippen LogP contribution in [-0.4, -0.2) is 69.7 Å². The summed E-state index contributed by atoms with van der Waals surface area (Å²) < 4.78 is 53.2. The smallest absolute Gasteiger partial charge is 0.214 e. The molecule has 0 bridgehead atoms. The van der Waals surface area contributed by atoms with Gasteiger partial charge in [-0.3, -0.25) is 4.99 Å². The van der Waals surface area contributed by atoms with E-state index in [0.29, 0.717) is 51.6 Å². The van der Waals surface area contributed by atoms with Gasteiger partial charge in [-0.1, -0.05) is 6.07 Å². The van der Waals surface area contributed by atoms with Crippen LogP contribution in [0.25, 0.3) is 0 Å². The van der Waals surface area contributed by atoms with Crippen molar-refractivity contribution in [3.8, 4) is 0 Å². The van der Waals surface area contributed by atoms with E-state index in [1.54, 1.807) is 4.90 Å². The molecule has 29 heavy (non-hydrogen) atoms. The second-order valence-corrected chi connectivity index (χ2v) is 9.06. The van der Waals surface area contributed by atoms with Gasteiger partial charge < -0.3 is 15.5 Å². The first-order valence-electron chi connectivity index (χ1n) is 9.62. The van der Waals surface area contributed by atoms with E-state index in [2.05, 4.69) is 15.6 Å². The molecule has 2 saturated heterocycles. The largest absolute Gasteiger partial charge is 0.365 e. The molecule has 2 heterocycles. The van der Waals surface area contributed by atoms with Crippen molar-refractivity contribution >= 4 is 45.6 Å². The lowest BCUT2D eigenvalue weighted by Gasteiger charge is -2.21. The zero-order valence-electron chi connectivity index (χ0n) is 16.4. The van der Waals surface area contributed by atoms with Crippen molar-refractivity contribution in [2.24, 2.45) is 4.99 Å². The van der Waals surface area contributed by atoms with Crippen LogP contribution in [0.15, 0.2) is 23.2 Å². The predicted octanol–water partition coefficient (Wildman–Crippen LogP) is 1.75. The van der Waals surface area contributed by atoms with Crippen molar-refractivity contribution in [1.29, 1.82) is 0 Å². The molecule has 1 aromatic rings. The molecule has 2 fully saturated rings. The van der Waals surface area contributed by atoms with Crippen LogP contribution in [0.2, 0.25) is 0 Å². The lowest BCUT2D eigenvalue weighted by molar-refractivity contribution is 0.451. The van der Waals surface area contributed by atoms with Crippen LogP contribution in [-0.2, 0) is 10.0 Å². The quantitative estimate of drug-likeness (QED) is 0.325. The molecular formula is C18H28F2IN5O2S. The summed E-state index contributed by atoms with van der Waals surface area (Å²) in [6.45, 7) is 4.87. The Morgan fingerprint density at radius 1 is 1.28 bits per heavy atom. The first-order valence-corrected chi connectivity index (χ1v) is 11.2. The van der Waals surface area contributed by atoms with E-state index in [1.165, 1.54) is 22.5 Å². The zero-order chi connectivity index (χ0) is 20.1. The van der Waals surface area contributed by atoms with Gasteiger partial charge in [-0.15, -0.1) is 24.0 Å². The van der Waals surface area contributed by atoms with E-state index in [1.807, 2.05) is 6.92 Å². The van der Waals surface area contributed by atoms with Gasteiger partial charge in [0.05, 0.1) is 12.3 Å². The summed E-state index contributed by atoms with van der Waals surface area (Å²) in [6.07, 6.45) is 1.38. The second kappa shape index (κ2) is 10.7. The summed E-state index contributed by atoms with van der Waals surface area (Å²) in [7, 11) is -3.12. The standard InChI is InChI=1S/C18H27F2N5O2S.HI/c1-2-21-18(22-8-11-25-9-4-12-28(25,26)27)23-14-7-10-24(13-14)17-15(19)5-3-6-16(17)20;/h3,5-6,14H,2,4,7-13H2,1H3,(H2,21,22,23);1H. The summed E-state index contributed by atoms with van der Waals surface area (Å²) >= 11 is 0. The molecule has 11 heteroatoms. The molecule has 0 aliphatic carbocycles. The summed E-state index contributed by atoms with van der Waals surface area (Å²) in [5.74, 6) is -0.333. The summed E-state index contributed by atoms with van der Waals surface area (Å²) in [4.78, 5) is 6.16. The minimum Gasteiger partial charge on any atom is -0.365 e. The number of nitrogens with zero attached hydrogens (tertiary/aromatic N) is 3. The van der Waals surface area contributed by atoms with Crippen molar-refractivity contribution in [3.63, 3.8) is 0 Å². The van der Waals surface area contributed by atoms with Crippen molar-refractivity contribution in [2.45, 2.75) is 25.8 Å². The van der Waals surface area contributed by atoms with Gasteiger partial charge >= 0.3 is 0 Å². The number of para-hydroxylation sites is 1. The number of hydrogen-bond donors (Lipinski definition) is 2. The van der Waals surface area contributed by atoms with E-state index in [4.69, 9.17) is 0 Å². The van der Waals surface area contributed by atoms with Crippen molar-refractivity contribution in [2.75, 3.05) is 49.9 Å². The van der Waals surface area contributed by atoms with Gasteiger partial charge in [0.25, 0.3) is 0 Å². The third-order valence-corrected chi connectivity index (χ3v) is 6.91. The van der Waals surface area contributed by atoms with Gasteiger partial charge in [-0.2, -0.15) is 0 Å². The summed E-state index contributed by atoms with van der Waals surface area (Å²) in [6, 6.07) is 3.87. The van der Waals surface area contributed by atoms with Crippen LogP contribution < -0.4 is 15.5 Å². The van der Waals surface area contributed by atoms with Crippen LogP contribution in [0.4, 0.5) is 14.5 Å². The molecule has 1 atom stereocenters. The maximum Gasteiger partial charge on any atom is 0.214 e. The number of rotatable bonds is 6. The molecule has 0 amide bonds. The molecule has 3 rings (SSSR count). The van der Waals surface area contributed by atoms with Crippen molar-refractivity contribution in [3.05, 3.63) is 29.8 Å². The van der Waals surface area contributed by atoms with E-state index in [0.717, 1.165) is 6.42 Å². The molecule has 1 unspecified atom stereocenters. The summed E-state index contributed by atoms with van der Waals surface area (Å²) in [5, 5.41) is 6.42. The Morgan fingerprint density at radius 3 is 2.62 bits per heavy atom. The van der Waals surface area contributed by atoms with Gasteiger partial charge in [0.15, 0.2) is 5.96 Å². The average Bonchev–Trinajstić information content (AvgIpc) is 3.21. The minimum absolute atomic E-state index is 0. The maximum absolute atomic E-state index is 14.0. The Labute approximate surface area is 188 Å². The molecule has 164 valence electrons. The van der Waals surface area contributed by atoms with Crippen molar-refractivity contribution < 1.29 is 17.2 Å². The number of guanidine groups is 1. The highest BCUT2D eigenvalue weighted by Gasteiger charge is 2.28. The molecule has 0 radical (unpaired) electrons. The third-order valence-electron chi connectivity index (χ3n) is 4.95. The maximum atomic E-state index is 14.0. The van der Waals surface area contributed by atoms with Gasteiger partial charge in [0, 0.05) is 38.8 Å². The number of benzene rings is 1. The SMILES string of the molecule is CCNC(=NCCN1CCCS1(=O)=O)NC1CCN(c2c(F)cccc2F)C1.I. The lowest BCUT2D eigenvalue weighted by Crippen LogP contribution is -2.45. The van der Waals surface area contributed by atoms with Crippen LogP contribution in [0.1, 0.15) is 19.8 Å². The molecule has 0 saturated carbocycles. The third kappa shape index (κ3) is 6.14. The fourth-order valence-electron chi connectivity index (χ4n) is 3.60. The normalized spacial score (nSPS) is 21.8. The minimum atomic E-state index is -3.12. The van der Waals surface area contributed by atoms with Crippen molar-refractivity contribution in [1.82, 2.24) is 14.9 Å². The number of anilines is 1. The number of nitrogens with one attached hydrogen (secondary N) is 2. The Morgan fingerprint density at radius 2 is 2.00 bits per heavy atom. The predicted molar refractivity (Wildman–Crippen MR) is 121 cm³/mol. The van der Waals surface area contributed by atoms with Gasteiger partial charge in [0.2, 0.25) is 10.0 Å². The van der Waals surface area contributed by atoms with Gasteiger partial charge in [-0.25, -0.2) is 21.5 Å². The number of sulfonamides is 1. The van der Waals surface area contributed by atoms with Gasteiger partial charge in [-0.05, 0) is 31.9 Å². The highest BCUT2D eigenvalue weighted by atomic mass is 127. The van der Waals surface area contributed by atoms with E-state index < -0.39 is 21.7 Å². The molecular weight excluding hydrogens is 515 g/mol. The Kier molecular flexibility index (Phi) is 8.89. The first-order chi connectivity index (χ1) is 13.4. The number of halogens is 3. The first kappa shape index (κ1) is 24.1. The molecule has 0 spiro atoms. The van der Waals surface area contributed by atoms with Gasteiger partial charge in [0.1, 0.15) is 17.3 Å². The van der Waals surface area contributed by atoms with Crippen LogP contribution in [0.3, 0.4) is 0 Å². The van der Waals surface area contributed by atoms with Crippen LogP contribution in [0, 0.1) is 11.6 Å². The Hall–Kier alpha value is -1.21. The van der Waals surface area contributed by atoms with E-state index in [9.17, 15) is 17.2 Å². The lowest BCUT2D eigenvalue weighted by atomic mass is 10.2. The highest BCUT2D eigenvalue weighted by molar-refractivity contribution is 14.0. The number of hydrogen-bond acceptors (Lipinski definition) is 4. The zero-order valence-corrected chi connectivity index (χ0v) is 19.6. The molecule has 2 aliphatic rings. The average molecular weight is 543 g/mol. The fraction of sp³-hybridized carbons (Fsp3) is 0.611. The highest BCUT2D eigenvalue weighted by Crippen LogP contribution is 2.26. The fourth-order valence-corrected chi connectivity index (χ4v) is 5.12. The second-order valence-electron chi connectivity index (χ2n) is 6.98. The summed E-state index contributed by atoms with van der Waals surface area (Å²) in [5.41, 5.74) is 0.00739. The number of aliphatic imine (C=N–C) groups is 1. The van der Waals surface area contributed by atoms with Crippen LogP contribution >= 0.6 is 24.0 Å². The Balaban J connectivity index is 0.00000300. The molecule has 2 N–H and O–H groups in total. The van der Waals surface area contributed by atoms with E-state index >= 15 is 0 Å². The molecule has 0 aromatic heterocycles. The molecule has 1 aromatic carbocycles. The van der Waals surface area contributed by atoms with E-state index in [-0.39, 0.29) is 41.5 Å². The topological polar surface area (TPSA) is 77.0 Å². The molecule has 7 nitrogen and oxygen atoms in total.